The van der Waals surface area contributed by atoms with Crippen molar-refractivity contribution in [3.8, 4) is 6.07 Å². The van der Waals surface area contributed by atoms with Crippen LogP contribution in [0.15, 0.2) is 18.2 Å². The minimum Gasteiger partial charge on any atom is -0.396 e. The molecular formula is C12H15FN2O. The van der Waals surface area contributed by atoms with Crippen molar-refractivity contribution in [1.82, 2.24) is 5.32 Å². The van der Waals surface area contributed by atoms with Gasteiger partial charge in [0, 0.05) is 13.2 Å². The monoisotopic (exact) mass is 222 g/mol. The predicted octanol–water partition coefficient (Wildman–Crippen LogP) is 1.56. The molecule has 0 spiro atoms. The smallest absolute Gasteiger partial charge is 0.124 e. The van der Waals surface area contributed by atoms with E-state index in [4.69, 9.17) is 10.4 Å². The van der Waals surface area contributed by atoms with Gasteiger partial charge in [-0.25, -0.2) is 4.39 Å². The second-order valence-electron chi connectivity index (χ2n) is 3.57. The molecule has 1 aromatic carbocycles. The summed E-state index contributed by atoms with van der Waals surface area (Å²) in [5.41, 5.74) is 1.10. The lowest BCUT2D eigenvalue weighted by molar-refractivity contribution is 0.283. The number of halogens is 1. The first kappa shape index (κ1) is 12.6. The molecule has 0 fully saturated rings. The summed E-state index contributed by atoms with van der Waals surface area (Å²) in [5.74, 6) is -0.383. The summed E-state index contributed by atoms with van der Waals surface area (Å²) in [6, 6.07) is 6.22. The molecule has 4 heteroatoms. The van der Waals surface area contributed by atoms with Gasteiger partial charge in [0.1, 0.15) is 5.82 Å². The fourth-order valence-electron chi connectivity index (χ4n) is 1.41. The number of hydrogen-bond acceptors (Lipinski definition) is 3. The summed E-state index contributed by atoms with van der Waals surface area (Å²) >= 11 is 0. The van der Waals surface area contributed by atoms with Crippen LogP contribution in [-0.4, -0.2) is 18.3 Å². The van der Waals surface area contributed by atoms with E-state index in [1.54, 1.807) is 6.07 Å². The van der Waals surface area contributed by atoms with Crippen LogP contribution in [-0.2, 0) is 6.54 Å². The maximum Gasteiger partial charge on any atom is 0.124 e. The van der Waals surface area contributed by atoms with Gasteiger partial charge in [-0.15, -0.1) is 0 Å². The average Bonchev–Trinajstić information content (AvgIpc) is 2.28. The zero-order valence-electron chi connectivity index (χ0n) is 9.04. The first-order valence-electron chi connectivity index (χ1n) is 5.27. The highest BCUT2D eigenvalue weighted by Gasteiger charge is 1.99. The van der Waals surface area contributed by atoms with Gasteiger partial charge >= 0.3 is 0 Å². The average molecular weight is 222 g/mol. The maximum atomic E-state index is 13.0. The van der Waals surface area contributed by atoms with Crippen molar-refractivity contribution < 1.29 is 9.50 Å². The fourth-order valence-corrected chi connectivity index (χ4v) is 1.41. The van der Waals surface area contributed by atoms with E-state index in [1.165, 1.54) is 12.1 Å². The summed E-state index contributed by atoms with van der Waals surface area (Å²) in [5, 5.41) is 20.4. The van der Waals surface area contributed by atoms with E-state index in [9.17, 15) is 4.39 Å². The van der Waals surface area contributed by atoms with E-state index in [2.05, 4.69) is 5.32 Å². The van der Waals surface area contributed by atoms with Crippen molar-refractivity contribution in [3.63, 3.8) is 0 Å². The Morgan fingerprint density at radius 3 is 2.81 bits per heavy atom. The molecule has 0 heterocycles. The second kappa shape index (κ2) is 6.94. The van der Waals surface area contributed by atoms with E-state index in [0.29, 0.717) is 12.1 Å². The lowest BCUT2D eigenvalue weighted by atomic mass is 10.1. The largest absolute Gasteiger partial charge is 0.396 e. The van der Waals surface area contributed by atoms with Gasteiger partial charge in [0.05, 0.1) is 11.6 Å². The number of nitrogens with zero attached hydrogens (tertiary/aromatic N) is 1. The van der Waals surface area contributed by atoms with Crippen LogP contribution in [0, 0.1) is 17.1 Å². The Morgan fingerprint density at radius 1 is 1.31 bits per heavy atom. The number of nitrogens with one attached hydrogen (secondary N) is 1. The van der Waals surface area contributed by atoms with Crippen molar-refractivity contribution in [2.75, 3.05) is 13.2 Å². The molecule has 0 saturated heterocycles. The standard InChI is InChI=1S/C12H15FN2O/c13-12-6-10(8-14)5-11(7-12)9-15-3-1-2-4-16/h5-7,15-16H,1-4,9H2. The zero-order chi connectivity index (χ0) is 11.8. The Bertz CT molecular complexity index is 374. The summed E-state index contributed by atoms with van der Waals surface area (Å²) in [7, 11) is 0. The highest BCUT2D eigenvalue weighted by atomic mass is 19.1. The minimum absolute atomic E-state index is 0.195. The van der Waals surface area contributed by atoms with Crippen LogP contribution < -0.4 is 5.32 Å². The van der Waals surface area contributed by atoms with Gasteiger partial charge in [0.15, 0.2) is 0 Å². The molecule has 0 bridgehead atoms. The van der Waals surface area contributed by atoms with Crippen LogP contribution in [0.4, 0.5) is 4.39 Å². The molecule has 2 N–H and O–H groups in total. The van der Waals surface area contributed by atoms with E-state index >= 15 is 0 Å². The van der Waals surface area contributed by atoms with E-state index in [1.807, 2.05) is 6.07 Å². The number of hydrogen-bond donors (Lipinski definition) is 2. The highest BCUT2D eigenvalue weighted by molar-refractivity contribution is 5.33. The molecule has 1 aromatic rings. The quantitative estimate of drug-likeness (QED) is 0.718. The summed E-state index contributed by atoms with van der Waals surface area (Å²) in [6.45, 7) is 1.51. The predicted molar refractivity (Wildman–Crippen MR) is 59.1 cm³/mol. The molecule has 0 aliphatic heterocycles. The van der Waals surface area contributed by atoms with Gasteiger partial charge in [0.25, 0.3) is 0 Å². The lowest BCUT2D eigenvalue weighted by Crippen LogP contribution is -2.15. The van der Waals surface area contributed by atoms with Gasteiger partial charge in [-0.05, 0) is 43.1 Å². The Hall–Kier alpha value is -1.44. The van der Waals surface area contributed by atoms with Crippen LogP contribution >= 0.6 is 0 Å². The van der Waals surface area contributed by atoms with Crippen molar-refractivity contribution in [3.05, 3.63) is 35.1 Å². The van der Waals surface area contributed by atoms with E-state index < -0.39 is 0 Å². The van der Waals surface area contributed by atoms with Crippen molar-refractivity contribution in [2.24, 2.45) is 0 Å². The van der Waals surface area contributed by atoms with Gasteiger partial charge < -0.3 is 10.4 Å². The van der Waals surface area contributed by atoms with Gasteiger partial charge in [-0.2, -0.15) is 5.26 Å². The number of aliphatic hydroxyl groups excluding tert-OH is 1. The minimum atomic E-state index is -0.383. The van der Waals surface area contributed by atoms with Crippen LogP contribution in [0.5, 0.6) is 0 Å². The molecule has 0 atom stereocenters. The third kappa shape index (κ3) is 4.39. The van der Waals surface area contributed by atoms with Crippen LogP contribution in [0.3, 0.4) is 0 Å². The summed E-state index contributed by atoms with van der Waals surface area (Å²) in [6.07, 6.45) is 1.65. The molecule has 16 heavy (non-hydrogen) atoms. The topological polar surface area (TPSA) is 56.0 Å². The van der Waals surface area contributed by atoms with E-state index in [0.717, 1.165) is 24.9 Å². The van der Waals surface area contributed by atoms with Gasteiger partial charge in [0.2, 0.25) is 0 Å². The molecule has 0 aliphatic rings. The van der Waals surface area contributed by atoms with Crippen LogP contribution in [0.25, 0.3) is 0 Å². The molecule has 0 radical (unpaired) electrons. The fraction of sp³-hybridized carbons (Fsp3) is 0.417. The molecule has 0 aromatic heterocycles. The zero-order valence-corrected chi connectivity index (χ0v) is 9.04. The van der Waals surface area contributed by atoms with Gasteiger partial charge in [-0.3, -0.25) is 0 Å². The lowest BCUT2D eigenvalue weighted by Gasteiger charge is -2.05. The Morgan fingerprint density at radius 2 is 2.12 bits per heavy atom. The number of rotatable bonds is 6. The first-order chi connectivity index (χ1) is 7.76. The Labute approximate surface area is 94.5 Å². The molecule has 86 valence electrons. The number of nitriles is 1. The summed E-state index contributed by atoms with van der Waals surface area (Å²) < 4.78 is 13.0. The molecule has 0 amide bonds. The van der Waals surface area contributed by atoms with Crippen LogP contribution in [0.2, 0.25) is 0 Å². The molecule has 3 nitrogen and oxygen atoms in total. The second-order valence-corrected chi connectivity index (χ2v) is 3.57. The third-order valence-electron chi connectivity index (χ3n) is 2.18. The Kier molecular flexibility index (Phi) is 5.48. The third-order valence-corrected chi connectivity index (χ3v) is 2.18. The highest BCUT2D eigenvalue weighted by Crippen LogP contribution is 2.08. The number of aliphatic hydroxyl groups is 1. The molecule has 0 saturated carbocycles. The summed E-state index contributed by atoms with van der Waals surface area (Å²) in [4.78, 5) is 0. The molecule has 0 unspecified atom stereocenters. The van der Waals surface area contributed by atoms with Crippen molar-refractivity contribution >= 4 is 0 Å². The molecular weight excluding hydrogens is 207 g/mol. The number of unbranched alkanes of at least 4 members (excludes halogenated alkanes) is 1. The first-order valence-corrected chi connectivity index (χ1v) is 5.27. The van der Waals surface area contributed by atoms with Gasteiger partial charge in [-0.1, -0.05) is 0 Å². The maximum absolute atomic E-state index is 13.0. The molecule has 1 rings (SSSR count). The van der Waals surface area contributed by atoms with Crippen LogP contribution in [0.1, 0.15) is 24.0 Å². The Balaban J connectivity index is 2.42. The normalized spacial score (nSPS) is 10.1. The van der Waals surface area contributed by atoms with Crippen molar-refractivity contribution in [2.45, 2.75) is 19.4 Å². The SMILES string of the molecule is N#Cc1cc(F)cc(CNCCCCO)c1. The molecule has 0 aliphatic carbocycles. The van der Waals surface area contributed by atoms with Crippen molar-refractivity contribution in [1.29, 1.82) is 5.26 Å². The van der Waals surface area contributed by atoms with E-state index in [-0.39, 0.29) is 12.4 Å². The number of benzene rings is 1.